The first-order chi connectivity index (χ1) is 8.49. The van der Waals surface area contributed by atoms with Crippen LogP contribution >= 0.6 is 11.6 Å². The van der Waals surface area contributed by atoms with Gasteiger partial charge in [-0.1, -0.05) is 11.6 Å². The molecule has 0 radical (unpaired) electrons. The first-order valence-electron chi connectivity index (χ1n) is 5.28. The summed E-state index contributed by atoms with van der Waals surface area (Å²) in [6, 6.07) is 1.69. The third kappa shape index (κ3) is 2.76. The molecule has 1 aromatic rings. The number of nitro benzene ring substituents is 1. The van der Waals surface area contributed by atoms with Crippen molar-refractivity contribution in [3.63, 3.8) is 0 Å². The fourth-order valence-electron chi connectivity index (χ4n) is 1.44. The summed E-state index contributed by atoms with van der Waals surface area (Å²) in [5.41, 5.74) is -0.728. The van der Waals surface area contributed by atoms with E-state index in [1.54, 1.807) is 0 Å². The van der Waals surface area contributed by atoms with Crippen LogP contribution in [0.4, 0.5) is 10.1 Å². The summed E-state index contributed by atoms with van der Waals surface area (Å²) < 4.78 is 18.3. The number of halogens is 2. The van der Waals surface area contributed by atoms with Crippen molar-refractivity contribution >= 4 is 23.1 Å². The van der Waals surface area contributed by atoms with E-state index in [0.717, 1.165) is 25.0 Å². The minimum Gasteiger partial charge on any atom is -0.484 e. The van der Waals surface area contributed by atoms with Crippen molar-refractivity contribution in [3.05, 3.63) is 33.1 Å². The highest BCUT2D eigenvalue weighted by molar-refractivity contribution is 6.32. The van der Waals surface area contributed by atoms with Crippen LogP contribution in [0, 0.1) is 21.8 Å². The molecule has 0 bridgehead atoms. The van der Waals surface area contributed by atoms with Crippen molar-refractivity contribution in [1.82, 2.24) is 0 Å². The smallest absolute Gasteiger partial charge is 0.308 e. The van der Waals surface area contributed by atoms with Crippen LogP contribution in [-0.4, -0.2) is 17.3 Å². The molecule has 0 aliphatic heterocycles. The first kappa shape index (κ1) is 12.8. The molecule has 18 heavy (non-hydrogen) atoms. The fraction of sp³-hybridized carbons (Fsp3) is 0.364. The lowest BCUT2D eigenvalue weighted by atomic mass is 10.2. The molecule has 1 aliphatic carbocycles. The maximum atomic E-state index is 13.2. The van der Waals surface area contributed by atoms with Crippen molar-refractivity contribution in [2.75, 3.05) is 6.61 Å². The van der Waals surface area contributed by atoms with E-state index in [9.17, 15) is 19.3 Å². The zero-order valence-electron chi connectivity index (χ0n) is 9.19. The lowest BCUT2D eigenvalue weighted by Gasteiger charge is -2.07. The average Bonchev–Trinajstić information content (AvgIpc) is 3.10. The van der Waals surface area contributed by atoms with E-state index in [4.69, 9.17) is 16.3 Å². The number of benzene rings is 1. The molecule has 0 spiro atoms. The van der Waals surface area contributed by atoms with Gasteiger partial charge in [-0.2, -0.15) is 4.39 Å². The minimum absolute atomic E-state index is 0.0270. The molecule has 1 fully saturated rings. The molecular formula is C11H9ClFNO4. The molecule has 0 amide bonds. The lowest BCUT2D eigenvalue weighted by molar-refractivity contribution is -0.387. The van der Waals surface area contributed by atoms with Crippen molar-refractivity contribution in [2.45, 2.75) is 12.8 Å². The molecular weight excluding hydrogens is 265 g/mol. The minimum atomic E-state index is -1.04. The van der Waals surface area contributed by atoms with E-state index >= 15 is 0 Å². The number of hydrogen-bond donors (Lipinski definition) is 0. The highest BCUT2D eigenvalue weighted by atomic mass is 35.5. The van der Waals surface area contributed by atoms with Gasteiger partial charge in [-0.05, 0) is 12.8 Å². The second kappa shape index (κ2) is 4.89. The fourth-order valence-corrected chi connectivity index (χ4v) is 1.65. The van der Waals surface area contributed by atoms with E-state index in [1.807, 2.05) is 0 Å². The Kier molecular flexibility index (Phi) is 3.47. The van der Waals surface area contributed by atoms with Gasteiger partial charge >= 0.3 is 5.69 Å². The van der Waals surface area contributed by atoms with Crippen molar-refractivity contribution in [2.24, 2.45) is 5.92 Å². The monoisotopic (exact) mass is 273 g/mol. The third-order valence-electron chi connectivity index (χ3n) is 2.60. The number of nitro groups is 1. The normalized spacial score (nSPS) is 14.3. The molecule has 0 unspecified atom stereocenters. The van der Waals surface area contributed by atoms with Gasteiger partial charge in [0.1, 0.15) is 12.4 Å². The van der Waals surface area contributed by atoms with Crippen LogP contribution in [0.3, 0.4) is 0 Å². The van der Waals surface area contributed by atoms with E-state index < -0.39 is 16.4 Å². The second-order valence-corrected chi connectivity index (χ2v) is 4.43. The summed E-state index contributed by atoms with van der Waals surface area (Å²) in [5.74, 6) is -1.14. The molecule has 5 nitrogen and oxygen atoms in total. The van der Waals surface area contributed by atoms with Gasteiger partial charge in [0.15, 0.2) is 5.78 Å². The number of carbonyl (C=O) groups excluding carboxylic acids is 1. The van der Waals surface area contributed by atoms with Crippen LogP contribution in [0.25, 0.3) is 0 Å². The van der Waals surface area contributed by atoms with Crippen molar-refractivity contribution < 1.29 is 18.8 Å². The molecule has 2 rings (SSSR count). The molecule has 1 aromatic carbocycles. The largest absolute Gasteiger partial charge is 0.484 e. The van der Waals surface area contributed by atoms with Gasteiger partial charge < -0.3 is 4.74 Å². The highest BCUT2D eigenvalue weighted by Gasteiger charge is 2.30. The molecule has 0 aromatic heterocycles. The van der Waals surface area contributed by atoms with Gasteiger partial charge in [0.2, 0.25) is 5.82 Å². The summed E-state index contributed by atoms with van der Waals surface area (Å²) in [7, 11) is 0. The summed E-state index contributed by atoms with van der Waals surface area (Å²) in [5, 5.41) is 10.4. The lowest BCUT2D eigenvalue weighted by Crippen LogP contribution is -2.13. The number of rotatable bonds is 5. The Hall–Kier alpha value is -1.69. The van der Waals surface area contributed by atoms with E-state index in [0.29, 0.717) is 0 Å². The van der Waals surface area contributed by atoms with Gasteiger partial charge in [0.05, 0.1) is 16.0 Å². The highest BCUT2D eigenvalue weighted by Crippen LogP contribution is 2.33. The predicted molar refractivity (Wildman–Crippen MR) is 61.3 cm³/mol. The summed E-state index contributed by atoms with van der Waals surface area (Å²) in [6.45, 7) is -0.201. The summed E-state index contributed by atoms with van der Waals surface area (Å²) >= 11 is 5.69. The topological polar surface area (TPSA) is 69.4 Å². The van der Waals surface area contributed by atoms with Gasteiger partial charge in [-0.25, -0.2) is 0 Å². The molecule has 0 saturated heterocycles. The van der Waals surface area contributed by atoms with Crippen LogP contribution in [-0.2, 0) is 4.79 Å². The number of nitrogens with zero attached hydrogens (tertiary/aromatic N) is 1. The number of hydrogen-bond acceptors (Lipinski definition) is 4. The van der Waals surface area contributed by atoms with E-state index in [2.05, 4.69) is 0 Å². The zero-order chi connectivity index (χ0) is 13.3. The van der Waals surface area contributed by atoms with Gasteiger partial charge in [0, 0.05) is 12.0 Å². The van der Waals surface area contributed by atoms with Gasteiger partial charge in [0.25, 0.3) is 0 Å². The van der Waals surface area contributed by atoms with Gasteiger partial charge in [-0.15, -0.1) is 0 Å². The SMILES string of the molecule is O=C(COc1cc([N+](=O)[O-])c(F)cc1Cl)C1CC1. The Morgan fingerprint density at radius 2 is 2.22 bits per heavy atom. The molecule has 0 atom stereocenters. The van der Waals surface area contributed by atoms with Crippen LogP contribution in [0.1, 0.15) is 12.8 Å². The maximum absolute atomic E-state index is 13.2. The Bertz CT molecular complexity index is 516. The number of carbonyl (C=O) groups is 1. The Morgan fingerprint density at radius 1 is 1.56 bits per heavy atom. The molecule has 1 aliphatic rings. The van der Waals surface area contributed by atoms with Gasteiger partial charge in [-0.3, -0.25) is 14.9 Å². The molecule has 0 heterocycles. The van der Waals surface area contributed by atoms with Crippen LogP contribution in [0.5, 0.6) is 5.75 Å². The Balaban J connectivity index is 2.13. The third-order valence-corrected chi connectivity index (χ3v) is 2.90. The number of ether oxygens (including phenoxy) is 1. The van der Waals surface area contributed by atoms with E-state index in [-0.39, 0.29) is 29.1 Å². The average molecular weight is 274 g/mol. The van der Waals surface area contributed by atoms with Crippen LogP contribution < -0.4 is 4.74 Å². The summed E-state index contributed by atoms with van der Waals surface area (Å²) in [4.78, 5) is 21.1. The predicted octanol–water partition coefficient (Wildman–Crippen LogP) is 2.75. The Morgan fingerprint density at radius 3 is 2.78 bits per heavy atom. The molecule has 1 saturated carbocycles. The van der Waals surface area contributed by atoms with Crippen molar-refractivity contribution in [1.29, 1.82) is 0 Å². The number of ketones is 1. The Labute approximate surface area is 107 Å². The summed E-state index contributed by atoms with van der Waals surface area (Å²) in [6.07, 6.45) is 1.69. The standard InChI is InChI=1S/C11H9ClFNO4/c12-7-3-8(13)9(14(16)17)4-11(7)18-5-10(15)6-1-2-6/h3-4,6H,1-2,5H2. The molecule has 0 N–H and O–H groups in total. The quantitative estimate of drug-likeness (QED) is 0.611. The van der Waals surface area contributed by atoms with Crippen LogP contribution in [0.2, 0.25) is 5.02 Å². The van der Waals surface area contributed by atoms with Crippen molar-refractivity contribution in [3.8, 4) is 5.75 Å². The molecule has 7 heteroatoms. The second-order valence-electron chi connectivity index (χ2n) is 4.02. The molecule has 96 valence electrons. The van der Waals surface area contributed by atoms with Crippen LogP contribution in [0.15, 0.2) is 12.1 Å². The maximum Gasteiger partial charge on any atom is 0.308 e. The van der Waals surface area contributed by atoms with E-state index in [1.165, 1.54) is 0 Å². The number of Topliss-reactive ketones (excluding diaryl/α,β-unsaturated/α-hetero) is 1. The first-order valence-corrected chi connectivity index (χ1v) is 5.66. The zero-order valence-corrected chi connectivity index (χ0v) is 9.95.